The molecule has 0 spiro atoms. The highest BCUT2D eigenvalue weighted by Gasteiger charge is 2.15. The van der Waals surface area contributed by atoms with Gasteiger partial charge in [-0.25, -0.2) is 4.98 Å². The number of aromatic nitrogens is 5. The molecule has 0 saturated heterocycles. The van der Waals surface area contributed by atoms with Crippen molar-refractivity contribution in [3.63, 3.8) is 0 Å². The van der Waals surface area contributed by atoms with E-state index in [9.17, 15) is 0 Å². The molecule has 7 nitrogen and oxygen atoms in total. The van der Waals surface area contributed by atoms with Crippen molar-refractivity contribution < 1.29 is 4.74 Å². The molecule has 0 bridgehead atoms. The Balaban J connectivity index is 2.00. The predicted octanol–water partition coefficient (Wildman–Crippen LogP) is 1.48. The number of nitrogens with zero attached hydrogens (tertiary/aromatic N) is 5. The van der Waals surface area contributed by atoms with Crippen molar-refractivity contribution in [1.82, 2.24) is 24.8 Å². The first-order chi connectivity index (χ1) is 9.19. The number of rotatable bonds is 4. The first-order valence-corrected chi connectivity index (χ1v) is 7.30. The highest BCUT2D eigenvalue weighted by atomic mass is 32.1. The molecule has 0 fully saturated rings. The Bertz CT molecular complexity index is 700. The molecule has 0 aromatic carbocycles. The third-order valence-electron chi connectivity index (χ3n) is 2.46. The Labute approximate surface area is 117 Å². The summed E-state index contributed by atoms with van der Waals surface area (Å²) >= 11 is 2.99. The summed E-state index contributed by atoms with van der Waals surface area (Å²) in [6, 6.07) is -0.0616. The summed E-state index contributed by atoms with van der Waals surface area (Å²) in [6.07, 6.45) is 0. The van der Waals surface area contributed by atoms with Crippen LogP contribution >= 0.6 is 22.7 Å². The first-order valence-electron chi connectivity index (χ1n) is 5.60. The molecule has 1 atom stereocenters. The predicted molar refractivity (Wildman–Crippen MR) is 73.1 cm³/mol. The molecular formula is C10H12N6OS2. The summed E-state index contributed by atoms with van der Waals surface area (Å²) in [7, 11) is 1.61. The number of thiazole rings is 1. The van der Waals surface area contributed by atoms with Gasteiger partial charge in [0.2, 0.25) is 4.96 Å². The second kappa shape index (κ2) is 4.93. The van der Waals surface area contributed by atoms with E-state index in [1.807, 2.05) is 12.3 Å². The summed E-state index contributed by atoms with van der Waals surface area (Å²) in [5.41, 5.74) is 6.64. The molecule has 19 heavy (non-hydrogen) atoms. The molecule has 0 aliphatic heterocycles. The molecule has 0 radical (unpaired) electrons. The van der Waals surface area contributed by atoms with Gasteiger partial charge in [0, 0.05) is 12.5 Å². The van der Waals surface area contributed by atoms with Crippen LogP contribution in [-0.4, -0.2) is 31.9 Å². The van der Waals surface area contributed by atoms with Gasteiger partial charge < -0.3 is 10.5 Å². The number of hydrogen-bond donors (Lipinski definition) is 1. The average molecular weight is 296 g/mol. The zero-order valence-corrected chi connectivity index (χ0v) is 12.0. The van der Waals surface area contributed by atoms with Crippen LogP contribution in [0.3, 0.4) is 0 Å². The standard InChI is InChI=1S/C10H12N6OS2/c1-5(11)8-12-6(4-18-8)9-15-16-7(3-17-2)13-14-10(16)19-9/h4-5H,3,11H2,1-2H3. The maximum Gasteiger partial charge on any atom is 0.235 e. The van der Waals surface area contributed by atoms with Crippen molar-refractivity contribution in [3.05, 3.63) is 16.2 Å². The lowest BCUT2D eigenvalue weighted by molar-refractivity contribution is 0.176. The minimum Gasteiger partial charge on any atom is -0.377 e. The summed E-state index contributed by atoms with van der Waals surface area (Å²) in [5.74, 6) is 0.683. The molecule has 3 aromatic rings. The Kier molecular flexibility index (Phi) is 3.27. The average Bonchev–Trinajstić information content (AvgIpc) is 3.03. The molecule has 3 heterocycles. The van der Waals surface area contributed by atoms with Crippen LogP contribution in [-0.2, 0) is 11.3 Å². The quantitative estimate of drug-likeness (QED) is 0.784. The van der Waals surface area contributed by atoms with Gasteiger partial charge in [-0.15, -0.1) is 21.5 Å². The molecule has 0 saturated carbocycles. The zero-order valence-electron chi connectivity index (χ0n) is 10.4. The highest BCUT2D eigenvalue weighted by molar-refractivity contribution is 7.20. The van der Waals surface area contributed by atoms with Crippen LogP contribution in [0.2, 0.25) is 0 Å². The lowest BCUT2D eigenvalue weighted by atomic mass is 10.4. The van der Waals surface area contributed by atoms with E-state index in [0.717, 1.165) is 20.7 Å². The lowest BCUT2D eigenvalue weighted by Gasteiger charge is -1.96. The lowest BCUT2D eigenvalue weighted by Crippen LogP contribution is -2.03. The highest BCUT2D eigenvalue weighted by Crippen LogP contribution is 2.28. The number of fused-ring (bicyclic) bond motifs is 1. The Hall–Kier alpha value is -1.42. The fourth-order valence-electron chi connectivity index (χ4n) is 1.58. The molecule has 3 rings (SSSR count). The van der Waals surface area contributed by atoms with E-state index in [0.29, 0.717) is 12.4 Å². The molecule has 0 aliphatic rings. The maximum atomic E-state index is 5.81. The van der Waals surface area contributed by atoms with Crippen LogP contribution in [0.4, 0.5) is 0 Å². The molecule has 0 aliphatic carbocycles. The molecule has 3 aromatic heterocycles. The first kappa shape index (κ1) is 12.6. The van der Waals surface area contributed by atoms with Gasteiger partial charge >= 0.3 is 0 Å². The maximum absolute atomic E-state index is 5.81. The number of nitrogens with two attached hydrogens (primary N) is 1. The fourth-order valence-corrected chi connectivity index (χ4v) is 3.23. The third kappa shape index (κ3) is 2.25. The van der Waals surface area contributed by atoms with E-state index in [-0.39, 0.29) is 6.04 Å². The van der Waals surface area contributed by atoms with Gasteiger partial charge in [0.25, 0.3) is 0 Å². The number of ether oxygens (including phenoxy) is 1. The Morgan fingerprint density at radius 2 is 2.32 bits per heavy atom. The van der Waals surface area contributed by atoms with Crippen molar-refractivity contribution in [2.45, 2.75) is 19.6 Å². The van der Waals surface area contributed by atoms with Crippen molar-refractivity contribution in [1.29, 1.82) is 0 Å². The minimum absolute atomic E-state index is 0.0616. The molecular weight excluding hydrogens is 284 g/mol. The third-order valence-corrected chi connectivity index (χ3v) is 4.43. The van der Waals surface area contributed by atoms with E-state index < -0.39 is 0 Å². The number of hydrogen-bond acceptors (Lipinski definition) is 8. The van der Waals surface area contributed by atoms with Crippen molar-refractivity contribution in [3.8, 4) is 10.7 Å². The van der Waals surface area contributed by atoms with Gasteiger partial charge in [-0.1, -0.05) is 11.3 Å². The largest absolute Gasteiger partial charge is 0.377 e. The van der Waals surface area contributed by atoms with E-state index >= 15 is 0 Å². The smallest absolute Gasteiger partial charge is 0.235 e. The van der Waals surface area contributed by atoms with Crippen LogP contribution in [0.15, 0.2) is 5.38 Å². The van der Waals surface area contributed by atoms with Crippen LogP contribution in [0.5, 0.6) is 0 Å². The van der Waals surface area contributed by atoms with Gasteiger partial charge in [-0.3, -0.25) is 0 Å². The summed E-state index contributed by atoms with van der Waals surface area (Å²) in [5, 5.41) is 16.2. The molecule has 0 amide bonds. The van der Waals surface area contributed by atoms with Crippen molar-refractivity contribution >= 4 is 27.6 Å². The van der Waals surface area contributed by atoms with E-state index in [1.54, 1.807) is 23.0 Å². The monoisotopic (exact) mass is 296 g/mol. The molecule has 2 N–H and O–H groups in total. The summed E-state index contributed by atoms with van der Waals surface area (Å²) in [6.45, 7) is 2.30. The van der Waals surface area contributed by atoms with Crippen molar-refractivity contribution in [2.75, 3.05) is 7.11 Å². The SMILES string of the molecule is COCc1nnc2sc(-c3csc(C(C)N)n3)nn12. The number of methoxy groups -OCH3 is 1. The van der Waals surface area contributed by atoms with E-state index in [4.69, 9.17) is 10.5 Å². The normalized spacial score (nSPS) is 13.2. The van der Waals surface area contributed by atoms with Gasteiger partial charge in [-0.2, -0.15) is 9.61 Å². The van der Waals surface area contributed by atoms with Crippen LogP contribution in [0.25, 0.3) is 15.7 Å². The van der Waals surface area contributed by atoms with Gasteiger partial charge in [0.1, 0.15) is 17.3 Å². The topological polar surface area (TPSA) is 91.2 Å². The van der Waals surface area contributed by atoms with E-state index in [1.165, 1.54) is 11.3 Å². The molecule has 1 unspecified atom stereocenters. The Morgan fingerprint density at radius 3 is 3.00 bits per heavy atom. The second-order valence-corrected chi connectivity index (χ2v) is 5.86. The fraction of sp³-hybridized carbons (Fsp3) is 0.400. The zero-order chi connectivity index (χ0) is 13.4. The van der Waals surface area contributed by atoms with Gasteiger partial charge in [0.05, 0.1) is 6.04 Å². The summed E-state index contributed by atoms with van der Waals surface area (Å²) < 4.78 is 6.74. The van der Waals surface area contributed by atoms with E-state index in [2.05, 4.69) is 20.3 Å². The minimum atomic E-state index is -0.0616. The van der Waals surface area contributed by atoms with Crippen molar-refractivity contribution in [2.24, 2.45) is 5.73 Å². The van der Waals surface area contributed by atoms with Gasteiger partial charge in [0.15, 0.2) is 10.8 Å². The van der Waals surface area contributed by atoms with Crippen LogP contribution in [0, 0.1) is 0 Å². The van der Waals surface area contributed by atoms with Crippen LogP contribution in [0.1, 0.15) is 23.8 Å². The summed E-state index contributed by atoms with van der Waals surface area (Å²) in [4.78, 5) is 5.21. The second-order valence-electron chi connectivity index (χ2n) is 4.01. The Morgan fingerprint density at radius 1 is 1.47 bits per heavy atom. The van der Waals surface area contributed by atoms with Gasteiger partial charge in [-0.05, 0) is 6.92 Å². The van der Waals surface area contributed by atoms with Crippen LogP contribution < -0.4 is 5.73 Å². The molecule has 9 heteroatoms. The molecule has 100 valence electrons.